The van der Waals surface area contributed by atoms with Gasteiger partial charge in [-0.1, -0.05) is 0 Å². The maximum Gasteiger partial charge on any atom is 0.144 e. The van der Waals surface area contributed by atoms with Gasteiger partial charge in [0, 0.05) is 24.8 Å². The Morgan fingerprint density at radius 1 is 1.29 bits per heavy atom. The molecular formula is C16H21NO4. The maximum absolute atomic E-state index is 13.1. The number of Topliss-reactive ketones (excluding diaryl/α,β-unsaturated/α-hetero) is 2. The number of carbonyl (C=O) groups excluding carboxylic acids is 2. The Morgan fingerprint density at radius 2 is 2.10 bits per heavy atom. The summed E-state index contributed by atoms with van der Waals surface area (Å²) in [6.07, 6.45) is 3.66. The third kappa shape index (κ3) is 1.12. The maximum atomic E-state index is 13.1. The third-order valence-electron chi connectivity index (χ3n) is 7.12. The van der Waals surface area contributed by atoms with Crippen LogP contribution < -0.4 is 0 Å². The van der Waals surface area contributed by atoms with E-state index >= 15 is 0 Å². The predicted octanol–water partition coefficient (Wildman–Crippen LogP) is 0.844. The van der Waals surface area contributed by atoms with E-state index in [1.54, 1.807) is 6.92 Å². The molecule has 1 N–H and O–H groups in total. The largest absolute Gasteiger partial charge is 0.390 e. The third-order valence-corrected chi connectivity index (χ3v) is 7.12. The normalized spacial score (nSPS) is 61.0. The molecule has 5 fully saturated rings. The summed E-state index contributed by atoms with van der Waals surface area (Å²) in [5, 5.41) is 12.4. The molecule has 0 aromatic heterocycles. The van der Waals surface area contributed by atoms with Crippen LogP contribution in [0.25, 0.3) is 0 Å². The smallest absolute Gasteiger partial charge is 0.144 e. The molecule has 0 radical (unpaired) electrons. The lowest BCUT2D eigenvalue weighted by molar-refractivity contribution is -0.160. The number of ketones is 2. The molecule has 0 amide bonds. The van der Waals surface area contributed by atoms with Crippen molar-refractivity contribution in [1.82, 2.24) is 5.06 Å². The van der Waals surface area contributed by atoms with Gasteiger partial charge in [-0.2, -0.15) is 5.06 Å². The highest BCUT2D eigenvalue weighted by atomic mass is 16.7. The monoisotopic (exact) mass is 291 g/mol. The van der Waals surface area contributed by atoms with Crippen LogP contribution in [-0.4, -0.2) is 46.0 Å². The van der Waals surface area contributed by atoms with Gasteiger partial charge in [-0.3, -0.25) is 14.4 Å². The first-order chi connectivity index (χ1) is 9.92. The summed E-state index contributed by atoms with van der Waals surface area (Å²) in [4.78, 5) is 32.1. The summed E-state index contributed by atoms with van der Waals surface area (Å²) in [6.45, 7) is 2.62. The van der Waals surface area contributed by atoms with Gasteiger partial charge in [0.25, 0.3) is 0 Å². The lowest BCUT2D eigenvalue weighted by atomic mass is 9.53. The fraction of sp³-hybridized carbons (Fsp3) is 0.875. The van der Waals surface area contributed by atoms with Gasteiger partial charge in [0.15, 0.2) is 0 Å². The van der Waals surface area contributed by atoms with Crippen molar-refractivity contribution in [2.45, 2.75) is 63.2 Å². The Labute approximate surface area is 123 Å². The number of hydroxylamine groups is 2. The van der Waals surface area contributed by atoms with Crippen molar-refractivity contribution in [2.24, 2.45) is 16.7 Å². The molecule has 114 valence electrons. The molecule has 5 heteroatoms. The number of hydrogen-bond donors (Lipinski definition) is 1. The van der Waals surface area contributed by atoms with E-state index in [1.165, 1.54) is 0 Å². The van der Waals surface area contributed by atoms with Crippen LogP contribution in [0.15, 0.2) is 0 Å². The molecular weight excluding hydrogens is 270 g/mol. The second-order valence-corrected chi connectivity index (χ2v) is 8.04. The van der Waals surface area contributed by atoms with Gasteiger partial charge in [-0.05, 0) is 38.5 Å². The molecule has 2 saturated heterocycles. The molecule has 2 bridgehead atoms. The van der Waals surface area contributed by atoms with Crippen LogP contribution in [-0.2, 0) is 14.4 Å². The number of carbonyl (C=O) groups is 2. The first-order valence-electron chi connectivity index (χ1n) is 8.14. The second-order valence-electron chi connectivity index (χ2n) is 8.04. The van der Waals surface area contributed by atoms with Crippen molar-refractivity contribution in [2.75, 3.05) is 6.54 Å². The van der Waals surface area contributed by atoms with E-state index in [1.807, 2.05) is 5.06 Å². The average Bonchev–Trinajstić information content (AvgIpc) is 3.08. The summed E-state index contributed by atoms with van der Waals surface area (Å²) in [6, 6.07) is 0.0979. The second kappa shape index (κ2) is 3.42. The lowest BCUT2D eigenvalue weighted by Crippen LogP contribution is -2.60. The molecule has 2 aliphatic heterocycles. The molecule has 5 rings (SSSR count). The average molecular weight is 291 g/mol. The number of nitrogens with zero attached hydrogens (tertiary/aromatic N) is 1. The number of rotatable bonds is 0. The van der Waals surface area contributed by atoms with Crippen LogP contribution in [0, 0.1) is 16.7 Å². The van der Waals surface area contributed by atoms with Gasteiger partial charge < -0.3 is 5.11 Å². The summed E-state index contributed by atoms with van der Waals surface area (Å²) >= 11 is 0. The minimum atomic E-state index is -0.949. The number of fused-ring (bicyclic) bond motifs is 3. The minimum absolute atomic E-state index is 0.00963. The van der Waals surface area contributed by atoms with Gasteiger partial charge in [-0.25, -0.2) is 0 Å². The highest BCUT2D eigenvalue weighted by Gasteiger charge is 2.82. The summed E-state index contributed by atoms with van der Waals surface area (Å²) in [5.74, 6) is 0.359. The number of aliphatic hydroxyl groups is 1. The van der Waals surface area contributed by atoms with E-state index in [2.05, 4.69) is 0 Å². The predicted molar refractivity (Wildman–Crippen MR) is 72.1 cm³/mol. The van der Waals surface area contributed by atoms with Crippen molar-refractivity contribution in [1.29, 1.82) is 0 Å². The van der Waals surface area contributed by atoms with Gasteiger partial charge in [0.2, 0.25) is 0 Å². The van der Waals surface area contributed by atoms with Crippen molar-refractivity contribution >= 4 is 11.6 Å². The van der Waals surface area contributed by atoms with Crippen LogP contribution in [0.3, 0.4) is 0 Å². The Balaban J connectivity index is 1.71. The number of hydrogen-bond acceptors (Lipinski definition) is 5. The molecule has 2 spiro atoms. The number of piperidine rings is 1. The molecule has 3 saturated carbocycles. The molecule has 0 aromatic carbocycles. The molecule has 21 heavy (non-hydrogen) atoms. The molecule has 7 atom stereocenters. The van der Waals surface area contributed by atoms with Crippen LogP contribution in [0.4, 0.5) is 0 Å². The Bertz CT molecular complexity index is 573. The molecule has 0 aromatic rings. The zero-order valence-electron chi connectivity index (χ0n) is 12.3. The van der Waals surface area contributed by atoms with Crippen molar-refractivity contribution in [3.63, 3.8) is 0 Å². The summed E-state index contributed by atoms with van der Waals surface area (Å²) in [5.41, 5.74) is -2.09. The molecule has 5 nitrogen and oxygen atoms in total. The van der Waals surface area contributed by atoms with Crippen LogP contribution >= 0.6 is 0 Å². The van der Waals surface area contributed by atoms with E-state index in [0.717, 1.165) is 25.8 Å². The van der Waals surface area contributed by atoms with Crippen molar-refractivity contribution in [3.05, 3.63) is 0 Å². The quantitative estimate of drug-likeness (QED) is 0.716. The zero-order valence-corrected chi connectivity index (χ0v) is 12.3. The van der Waals surface area contributed by atoms with Crippen molar-refractivity contribution in [3.8, 4) is 0 Å². The summed E-state index contributed by atoms with van der Waals surface area (Å²) < 4.78 is 0. The summed E-state index contributed by atoms with van der Waals surface area (Å²) in [7, 11) is 0. The fourth-order valence-corrected chi connectivity index (χ4v) is 6.70. The molecule has 5 aliphatic rings. The Morgan fingerprint density at radius 3 is 2.90 bits per heavy atom. The topological polar surface area (TPSA) is 66.8 Å². The SMILES string of the molecule is C[C@@]1(O)CC(=O)[C@]23CC[C@@H]4N5CCC(O5)[C@@]42C(=O)C[C@@H]3C1. The van der Waals surface area contributed by atoms with Gasteiger partial charge >= 0.3 is 0 Å². The van der Waals surface area contributed by atoms with Crippen LogP contribution in [0.1, 0.15) is 45.4 Å². The van der Waals surface area contributed by atoms with E-state index in [4.69, 9.17) is 4.84 Å². The fourth-order valence-electron chi connectivity index (χ4n) is 6.70. The highest BCUT2D eigenvalue weighted by molar-refractivity contribution is 6.02. The van der Waals surface area contributed by atoms with E-state index in [9.17, 15) is 14.7 Å². The van der Waals surface area contributed by atoms with E-state index in [0.29, 0.717) is 12.8 Å². The van der Waals surface area contributed by atoms with Crippen molar-refractivity contribution < 1.29 is 19.5 Å². The standard InChI is InChI=1S/C16H21NO4/c1-14(20)7-9-6-11(18)16-10(17-5-3-13(16)21-17)2-4-15(9,16)12(19)8-14/h9-10,13,20H,2-8H2,1H3/t9-,10+,13?,14+,15-,16+/m1/s1. The van der Waals surface area contributed by atoms with Crippen LogP contribution in [0.2, 0.25) is 0 Å². The molecule has 2 unspecified atom stereocenters. The molecule has 3 aliphatic carbocycles. The zero-order chi connectivity index (χ0) is 14.6. The Kier molecular flexibility index (Phi) is 2.07. The van der Waals surface area contributed by atoms with Gasteiger partial charge in [0.1, 0.15) is 11.6 Å². The Hall–Kier alpha value is -0.780. The van der Waals surface area contributed by atoms with Gasteiger partial charge in [-0.15, -0.1) is 0 Å². The minimum Gasteiger partial charge on any atom is -0.390 e. The first-order valence-corrected chi connectivity index (χ1v) is 8.14. The van der Waals surface area contributed by atoms with E-state index < -0.39 is 16.4 Å². The lowest BCUT2D eigenvalue weighted by Gasteiger charge is -2.49. The highest BCUT2D eigenvalue weighted by Crippen LogP contribution is 2.73. The van der Waals surface area contributed by atoms with Gasteiger partial charge in [0.05, 0.1) is 23.2 Å². The molecule has 2 heterocycles. The van der Waals surface area contributed by atoms with Crippen LogP contribution in [0.5, 0.6) is 0 Å². The first kappa shape index (κ1) is 12.7. The van der Waals surface area contributed by atoms with E-state index in [-0.39, 0.29) is 36.1 Å².